The Morgan fingerprint density at radius 2 is 1.86 bits per heavy atom. The van der Waals surface area contributed by atoms with E-state index in [-0.39, 0.29) is 0 Å². The Kier molecular flexibility index (Phi) is 6.29. The number of likely N-dealkylation sites (N-methyl/N-ethyl adjacent to an activating group) is 1. The van der Waals surface area contributed by atoms with Crippen LogP contribution in [-0.2, 0) is 0 Å². The molecule has 2 rings (SSSR count). The molecule has 4 nitrogen and oxygen atoms in total. The molecule has 0 bridgehead atoms. The Morgan fingerprint density at radius 3 is 2.50 bits per heavy atom. The van der Waals surface area contributed by atoms with Gasteiger partial charge in [-0.05, 0) is 54.5 Å². The molecule has 4 heteroatoms. The molecule has 2 aliphatic heterocycles. The zero-order valence-corrected chi connectivity index (χ0v) is 15.7. The maximum absolute atomic E-state index is 3.73. The quantitative estimate of drug-likeness (QED) is 0.837. The second kappa shape index (κ2) is 7.61. The van der Waals surface area contributed by atoms with E-state index in [1.807, 2.05) is 0 Å². The second-order valence-corrected chi connectivity index (χ2v) is 8.40. The van der Waals surface area contributed by atoms with Gasteiger partial charge in [0.1, 0.15) is 0 Å². The molecular formula is C18H38N4. The zero-order valence-electron chi connectivity index (χ0n) is 15.7. The van der Waals surface area contributed by atoms with Crippen LogP contribution in [0.15, 0.2) is 0 Å². The summed E-state index contributed by atoms with van der Waals surface area (Å²) in [5.41, 5.74) is 0.308. The molecule has 2 aliphatic rings. The van der Waals surface area contributed by atoms with Crippen molar-refractivity contribution in [1.82, 2.24) is 20.0 Å². The van der Waals surface area contributed by atoms with Gasteiger partial charge in [-0.2, -0.15) is 0 Å². The molecule has 130 valence electrons. The number of piperazine rings is 2. The lowest BCUT2D eigenvalue weighted by atomic mass is 9.90. The lowest BCUT2D eigenvalue weighted by Gasteiger charge is -2.48. The van der Waals surface area contributed by atoms with Crippen LogP contribution in [0.25, 0.3) is 0 Å². The molecule has 2 heterocycles. The Hall–Kier alpha value is -0.160. The van der Waals surface area contributed by atoms with Crippen LogP contribution in [0.1, 0.15) is 47.5 Å². The van der Waals surface area contributed by atoms with Crippen molar-refractivity contribution >= 4 is 0 Å². The summed E-state index contributed by atoms with van der Waals surface area (Å²) >= 11 is 0. The molecule has 1 N–H and O–H groups in total. The average Bonchev–Trinajstić information content (AvgIpc) is 2.45. The van der Waals surface area contributed by atoms with Crippen LogP contribution >= 0.6 is 0 Å². The van der Waals surface area contributed by atoms with Gasteiger partial charge >= 0.3 is 0 Å². The fourth-order valence-corrected chi connectivity index (χ4v) is 4.22. The number of hydrogen-bond donors (Lipinski definition) is 1. The van der Waals surface area contributed by atoms with Crippen molar-refractivity contribution in [2.45, 2.75) is 71.1 Å². The predicted molar refractivity (Wildman–Crippen MR) is 95.5 cm³/mol. The molecule has 0 spiro atoms. The van der Waals surface area contributed by atoms with Crippen LogP contribution in [0.5, 0.6) is 0 Å². The van der Waals surface area contributed by atoms with E-state index in [0.717, 1.165) is 6.54 Å². The van der Waals surface area contributed by atoms with E-state index in [9.17, 15) is 0 Å². The van der Waals surface area contributed by atoms with E-state index in [2.05, 4.69) is 61.7 Å². The molecule has 0 aromatic heterocycles. The summed E-state index contributed by atoms with van der Waals surface area (Å²) in [7, 11) is 2.24. The van der Waals surface area contributed by atoms with E-state index in [1.54, 1.807) is 0 Å². The van der Waals surface area contributed by atoms with Crippen molar-refractivity contribution in [2.24, 2.45) is 0 Å². The number of rotatable bonds is 5. The van der Waals surface area contributed by atoms with Crippen LogP contribution in [0.4, 0.5) is 0 Å². The highest BCUT2D eigenvalue weighted by atomic mass is 15.3. The lowest BCUT2D eigenvalue weighted by Crippen LogP contribution is -2.59. The van der Waals surface area contributed by atoms with Crippen LogP contribution in [-0.4, -0.2) is 84.7 Å². The van der Waals surface area contributed by atoms with Crippen LogP contribution in [0.3, 0.4) is 0 Å². The van der Waals surface area contributed by atoms with Gasteiger partial charge in [-0.1, -0.05) is 0 Å². The molecule has 0 aliphatic carbocycles. The second-order valence-electron chi connectivity index (χ2n) is 8.40. The Labute approximate surface area is 138 Å². The standard InChI is InChI=1S/C18H38N4/c1-15(2)21-10-9-19-17(14-21)7-8-18(4,5)22-12-11-20(6)13-16(22)3/h15-17,19H,7-14H2,1-6H3. The zero-order chi connectivity index (χ0) is 16.3. The van der Waals surface area contributed by atoms with E-state index in [1.165, 1.54) is 45.6 Å². The van der Waals surface area contributed by atoms with Crippen molar-refractivity contribution in [3.8, 4) is 0 Å². The van der Waals surface area contributed by atoms with Crippen LogP contribution in [0, 0.1) is 0 Å². The third kappa shape index (κ3) is 4.67. The van der Waals surface area contributed by atoms with Crippen LogP contribution < -0.4 is 5.32 Å². The first-order valence-corrected chi connectivity index (χ1v) is 9.22. The van der Waals surface area contributed by atoms with E-state index < -0.39 is 0 Å². The average molecular weight is 311 g/mol. The van der Waals surface area contributed by atoms with Gasteiger partial charge in [0.2, 0.25) is 0 Å². The molecule has 2 fully saturated rings. The number of nitrogens with zero attached hydrogens (tertiary/aromatic N) is 3. The first-order chi connectivity index (χ1) is 10.3. The van der Waals surface area contributed by atoms with Crippen molar-refractivity contribution in [3.63, 3.8) is 0 Å². The largest absolute Gasteiger partial charge is 0.311 e. The smallest absolute Gasteiger partial charge is 0.0200 e. The normalized spacial score (nSPS) is 30.1. The molecule has 22 heavy (non-hydrogen) atoms. The van der Waals surface area contributed by atoms with Crippen molar-refractivity contribution in [1.29, 1.82) is 0 Å². The van der Waals surface area contributed by atoms with Gasteiger partial charge in [-0.3, -0.25) is 9.80 Å². The SMILES string of the molecule is CC(C)N1CCNC(CCC(C)(C)N2CCN(C)CC2C)C1. The fraction of sp³-hybridized carbons (Fsp3) is 1.00. The minimum absolute atomic E-state index is 0.308. The molecule has 0 amide bonds. The predicted octanol–water partition coefficient (Wildman–Crippen LogP) is 1.86. The van der Waals surface area contributed by atoms with Crippen molar-refractivity contribution in [3.05, 3.63) is 0 Å². The van der Waals surface area contributed by atoms with Gasteiger partial charge < -0.3 is 10.2 Å². The topological polar surface area (TPSA) is 21.8 Å². The third-order valence-electron chi connectivity index (χ3n) is 5.73. The first kappa shape index (κ1) is 18.2. The van der Waals surface area contributed by atoms with Gasteiger partial charge in [-0.25, -0.2) is 0 Å². The Bertz CT molecular complexity index is 342. The minimum Gasteiger partial charge on any atom is -0.311 e. The van der Waals surface area contributed by atoms with E-state index in [4.69, 9.17) is 0 Å². The molecule has 0 radical (unpaired) electrons. The summed E-state index contributed by atoms with van der Waals surface area (Å²) in [6.07, 6.45) is 2.57. The van der Waals surface area contributed by atoms with Gasteiger partial charge in [0.05, 0.1) is 0 Å². The summed E-state index contributed by atoms with van der Waals surface area (Å²) in [4.78, 5) is 7.81. The van der Waals surface area contributed by atoms with Crippen molar-refractivity contribution < 1.29 is 0 Å². The molecule has 0 aromatic rings. The summed E-state index contributed by atoms with van der Waals surface area (Å²) < 4.78 is 0. The summed E-state index contributed by atoms with van der Waals surface area (Å²) in [5, 5.41) is 3.73. The minimum atomic E-state index is 0.308. The number of nitrogens with one attached hydrogen (secondary N) is 1. The first-order valence-electron chi connectivity index (χ1n) is 9.22. The van der Waals surface area contributed by atoms with Gasteiger partial charge in [0.15, 0.2) is 0 Å². The maximum Gasteiger partial charge on any atom is 0.0200 e. The summed E-state index contributed by atoms with van der Waals surface area (Å²) in [5.74, 6) is 0. The van der Waals surface area contributed by atoms with Crippen molar-refractivity contribution in [2.75, 3.05) is 46.3 Å². The fourth-order valence-electron chi connectivity index (χ4n) is 4.22. The van der Waals surface area contributed by atoms with E-state index >= 15 is 0 Å². The van der Waals surface area contributed by atoms with Gasteiger partial charge in [0, 0.05) is 62.9 Å². The Morgan fingerprint density at radius 1 is 1.14 bits per heavy atom. The van der Waals surface area contributed by atoms with E-state index in [0.29, 0.717) is 23.7 Å². The van der Waals surface area contributed by atoms with Gasteiger partial charge in [0.25, 0.3) is 0 Å². The molecule has 0 aromatic carbocycles. The molecule has 2 atom stereocenters. The molecule has 2 saturated heterocycles. The number of hydrogen-bond acceptors (Lipinski definition) is 4. The molecule has 2 unspecified atom stereocenters. The lowest BCUT2D eigenvalue weighted by molar-refractivity contribution is 0.00968. The highest BCUT2D eigenvalue weighted by Gasteiger charge is 2.34. The highest BCUT2D eigenvalue weighted by Crippen LogP contribution is 2.26. The van der Waals surface area contributed by atoms with Crippen LogP contribution in [0.2, 0.25) is 0 Å². The Balaban J connectivity index is 1.84. The summed E-state index contributed by atoms with van der Waals surface area (Å²) in [6.45, 7) is 19.1. The molecular weight excluding hydrogens is 272 g/mol. The molecule has 0 saturated carbocycles. The third-order valence-corrected chi connectivity index (χ3v) is 5.73. The van der Waals surface area contributed by atoms with Gasteiger partial charge in [-0.15, -0.1) is 0 Å². The highest BCUT2D eigenvalue weighted by molar-refractivity contribution is 4.91. The maximum atomic E-state index is 3.73. The summed E-state index contributed by atoms with van der Waals surface area (Å²) in [6, 6.07) is 2.01. The monoisotopic (exact) mass is 310 g/mol.